The van der Waals surface area contributed by atoms with E-state index < -0.39 is 11.9 Å². The van der Waals surface area contributed by atoms with Crippen LogP contribution >= 0.6 is 23.1 Å². The van der Waals surface area contributed by atoms with Crippen LogP contribution < -0.4 is 10.1 Å². The van der Waals surface area contributed by atoms with Gasteiger partial charge < -0.3 is 24.1 Å². The third-order valence-electron chi connectivity index (χ3n) is 5.89. The van der Waals surface area contributed by atoms with Crippen LogP contribution in [-0.2, 0) is 20.8 Å². The first-order valence-corrected chi connectivity index (χ1v) is 14.5. The van der Waals surface area contributed by atoms with E-state index in [1.54, 1.807) is 20.8 Å². The smallest absolute Gasteiger partial charge is 0.348 e. The SMILES string of the molecule is CCOC(=O)c1sc(NC(=O)CSc2nnc(C(C)Oc3ccc(C)c(C)c3)n2CC)c(C(=O)OCC)c1C. The number of thioether (sulfide) groups is 1. The van der Waals surface area contributed by atoms with Crippen LogP contribution in [0.2, 0.25) is 0 Å². The third kappa shape index (κ3) is 7.18. The lowest BCUT2D eigenvalue weighted by Crippen LogP contribution is -2.17. The number of carbonyl (C=O) groups excluding carboxylic acids is 3. The highest BCUT2D eigenvalue weighted by Gasteiger charge is 2.27. The largest absolute Gasteiger partial charge is 0.483 e. The Kier molecular flexibility index (Phi) is 10.5. The quantitative estimate of drug-likeness (QED) is 0.220. The van der Waals surface area contributed by atoms with Crippen molar-refractivity contribution < 1.29 is 28.6 Å². The third-order valence-corrected chi connectivity index (χ3v) is 8.04. The van der Waals surface area contributed by atoms with E-state index in [0.717, 1.165) is 22.6 Å². The van der Waals surface area contributed by atoms with Crippen LogP contribution in [-0.4, -0.2) is 51.6 Å². The van der Waals surface area contributed by atoms with Crippen molar-refractivity contribution in [1.82, 2.24) is 14.8 Å². The van der Waals surface area contributed by atoms with Crippen molar-refractivity contribution in [2.45, 2.75) is 66.3 Å². The van der Waals surface area contributed by atoms with Crippen LogP contribution in [0.25, 0.3) is 0 Å². The molecule has 12 heteroatoms. The highest BCUT2D eigenvalue weighted by Crippen LogP contribution is 2.35. The van der Waals surface area contributed by atoms with Crippen molar-refractivity contribution in [3.05, 3.63) is 51.2 Å². The molecular formula is C27H34N4O6S2. The molecule has 0 radical (unpaired) electrons. The normalized spacial score (nSPS) is 11.7. The molecule has 10 nitrogen and oxygen atoms in total. The minimum Gasteiger partial charge on any atom is -0.483 e. The lowest BCUT2D eigenvalue weighted by Gasteiger charge is -2.16. The summed E-state index contributed by atoms with van der Waals surface area (Å²) < 4.78 is 18.3. The molecule has 210 valence electrons. The summed E-state index contributed by atoms with van der Waals surface area (Å²) in [6.45, 7) is 13.9. The van der Waals surface area contributed by atoms with E-state index in [2.05, 4.69) is 15.5 Å². The molecule has 2 aromatic heterocycles. The van der Waals surface area contributed by atoms with Gasteiger partial charge in [0.2, 0.25) is 5.91 Å². The Morgan fingerprint density at radius 3 is 2.36 bits per heavy atom. The molecule has 1 aromatic carbocycles. The number of amides is 1. The number of esters is 2. The fourth-order valence-corrected chi connectivity index (χ4v) is 5.70. The number of nitrogens with zero attached hydrogens (tertiary/aromatic N) is 3. The maximum Gasteiger partial charge on any atom is 0.348 e. The van der Waals surface area contributed by atoms with Crippen LogP contribution in [0.1, 0.15) is 76.3 Å². The van der Waals surface area contributed by atoms with Crippen LogP contribution in [0.5, 0.6) is 5.75 Å². The summed E-state index contributed by atoms with van der Waals surface area (Å²) in [6.07, 6.45) is -0.356. The van der Waals surface area contributed by atoms with E-state index in [4.69, 9.17) is 14.2 Å². The molecule has 0 aliphatic carbocycles. The van der Waals surface area contributed by atoms with E-state index in [1.807, 2.05) is 50.5 Å². The Morgan fingerprint density at radius 2 is 1.72 bits per heavy atom. The van der Waals surface area contributed by atoms with Gasteiger partial charge in [0.25, 0.3) is 0 Å². The molecule has 0 spiro atoms. The highest BCUT2D eigenvalue weighted by atomic mass is 32.2. The molecule has 0 saturated carbocycles. The van der Waals surface area contributed by atoms with Crippen molar-refractivity contribution in [3.63, 3.8) is 0 Å². The van der Waals surface area contributed by atoms with Gasteiger partial charge in [-0.25, -0.2) is 9.59 Å². The second-order valence-electron chi connectivity index (χ2n) is 8.63. The standard InChI is InChI=1S/C27H34N4O6S2/c1-8-31-23(18(7)37-19-12-11-15(4)16(5)13-19)29-30-27(31)38-14-20(32)28-24-21(25(33)35-9-2)17(6)22(39-24)26(34)36-10-3/h11-13,18H,8-10,14H2,1-7H3,(H,28,32). The summed E-state index contributed by atoms with van der Waals surface area (Å²) in [5.41, 5.74) is 2.89. The molecular weight excluding hydrogens is 540 g/mol. The summed E-state index contributed by atoms with van der Waals surface area (Å²) in [5, 5.41) is 12.2. The summed E-state index contributed by atoms with van der Waals surface area (Å²) in [7, 11) is 0. The number of ether oxygens (including phenoxy) is 3. The average Bonchev–Trinajstić information content (AvgIpc) is 3.45. The molecule has 0 bridgehead atoms. The number of aromatic nitrogens is 3. The molecule has 1 unspecified atom stereocenters. The van der Waals surface area contributed by atoms with E-state index in [9.17, 15) is 14.4 Å². The van der Waals surface area contributed by atoms with Gasteiger partial charge in [0, 0.05) is 6.54 Å². The molecule has 2 heterocycles. The van der Waals surface area contributed by atoms with Crippen molar-refractivity contribution in [3.8, 4) is 5.75 Å². The van der Waals surface area contributed by atoms with Crippen molar-refractivity contribution in [2.75, 3.05) is 24.3 Å². The van der Waals surface area contributed by atoms with Gasteiger partial charge in [-0.3, -0.25) is 4.79 Å². The Bertz CT molecular complexity index is 1350. The van der Waals surface area contributed by atoms with E-state index in [-0.39, 0.29) is 46.4 Å². The maximum atomic E-state index is 12.9. The Balaban J connectivity index is 1.73. The van der Waals surface area contributed by atoms with Gasteiger partial charge in [-0.05, 0) is 77.3 Å². The number of benzene rings is 1. The number of rotatable bonds is 12. The molecule has 0 aliphatic rings. The second kappa shape index (κ2) is 13.6. The molecule has 0 saturated heterocycles. The number of carbonyl (C=O) groups is 3. The zero-order valence-electron chi connectivity index (χ0n) is 23.2. The summed E-state index contributed by atoms with van der Waals surface area (Å²) >= 11 is 2.21. The molecule has 1 N–H and O–H groups in total. The number of hydrogen-bond acceptors (Lipinski definition) is 10. The lowest BCUT2D eigenvalue weighted by molar-refractivity contribution is -0.113. The second-order valence-corrected chi connectivity index (χ2v) is 10.6. The van der Waals surface area contributed by atoms with Gasteiger partial charge in [0.15, 0.2) is 17.1 Å². The van der Waals surface area contributed by atoms with Gasteiger partial charge in [0.05, 0.1) is 24.5 Å². The first kappa shape index (κ1) is 30.2. The molecule has 0 aliphatic heterocycles. The summed E-state index contributed by atoms with van der Waals surface area (Å²) in [6, 6.07) is 5.93. The highest BCUT2D eigenvalue weighted by molar-refractivity contribution is 7.99. The van der Waals surface area contributed by atoms with E-state index in [1.165, 1.54) is 17.3 Å². The van der Waals surface area contributed by atoms with Gasteiger partial charge in [-0.15, -0.1) is 21.5 Å². The van der Waals surface area contributed by atoms with Crippen LogP contribution in [0.4, 0.5) is 5.00 Å². The minimum atomic E-state index is -0.613. The van der Waals surface area contributed by atoms with E-state index in [0.29, 0.717) is 23.1 Å². The summed E-state index contributed by atoms with van der Waals surface area (Å²) in [4.78, 5) is 38.1. The number of thiophene rings is 1. The zero-order chi connectivity index (χ0) is 28.7. The Labute approximate surface area is 236 Å². The molecule has 39 heavy (non-hydrogen) atoms. The molecule has 3 rings (SSSR count). The average molecular weight is 575 g/mol. The predicted molar refractivity (Wildman–Crippen MR) is 151 cm³/mol. The number of anilines is 1. The van der Waals surface area contributed by atoms with E-state index >= 15 is 0 Å². The molecule has 1 atom stereocenters. The minimum absolute atomic E-state index is 0.0124. The predicted octanol–water partition coefficient (Wildman–Crippen LogP) is 5.51. The lowest BCUT2D eigenvalue weighted by atomic mass is 10.1. The van der Waals surface area contributed by atoms with Crippen molar-refractivity contribution >= 4 is 45.9 Å². The molecule has 1 amide bonds. The van der Waals surface area contributed by atoms with Crippen LogP contribution in [0.15, 0.2) is 23.4 Å². The first-order valence-electron chi connectivity index (χ1n) is 12.7. The van der Waals surface area contributed by atoms with Gasteiger partial charge >= 0.3 is 11.9 Å². The summed E-state index contributed by atoms with van der Waals surface area (Å²) in [5.74, 6) is -0.127. The van der Waals surface area contributed by atoms with Gasteiger partial charge in [0.1, 0.15) is 15.6 Å². The van der Waals surface area contributed by atoms with Gasteiger partial charge in [-0.1, -0.05) is 17.8 Å². The number of hydrogen-bond donors (Lipinski definition) is 1. The van der Waals surface area contributed by atoms with Crippen LogP contribution in [0.3, 0.4) is 0 Å². The Hall–Kier alpha value is -3.38. The van der Waals surface area contributed by atoms with Gasteiger partial charge in [-0.2, -0.15) is 0 Å². The number of nitrogens with one attached hydrogen (secondary N) is 1. The maximum absolute atomic E-state index is 12.9. The monoisotopic (exact) mass is 574 g/mol. The first-order chi connectivity index (χ1) is 18.6. The fraction of sp³-hybridized carbons (Fsp3) is 0.444. The Morgan fingerprint density at radius 1 is 1.03 bits per heavy atom. The fourth-order valence-electron chi connectivity index (χ4n) is 3.78. The molecule has 0 fully saturated rings. The topological polar surface area (TPSA) is 122 Å². The molecule has 3 aromatic rings. The van der Waals surface area contributed by atoms with Crippen molar-refractivity contribution in [2.24, 2.45) is 0 Å². The van der Waals surface area contributed by atoms with Crippen molar-refractivity contribution in [1.29, 1.82) is 0 Å². The van der Waals surface area contributed by atoms with Crippen LogP contribution in [0, 0.1) is 20.8 Å². The zero-order valence-corrected chi connectivity index (χ0v) is 24.9. The number of aryl methyl sites for hydroxylation is 2.